The Kier molecular flexibility index (Phi) is 8.52. The number of carbonyl (C=O) groups is 2. The maximum absolute atomic E-state index is 13.5. The summed E-state index contributed by atoms with van der Waals surface area (Å²) in [6.07, 6.45) is 1.64. The van der Waals surface area contributed by atoms with Crippen molar-refractivity contribution in [1.29, 1.82) is 5.26 Å². The van der Waals surface area contributed by atoms with E-state index in [-0.39, 0.29) is 24.3 Å². The summed E-state index contributed by atoms with van der Waals surface area (Å²) < 4.78 is 11.8. The second-order valence-corrected chi connectivity index (χ2v) is 9.29. The van der Waals surface area contributed by atoms with Gasteiger partial charge in [0, 0.05) is 21.2 Å². The molecule has 0 radical (unpaired) electrons. The van der Waals surface area contributed by atoms with Gasteiger partial charge in [0.05, 0.1) is 13.2 Å². The van der Waals surface area contributed by atoms with Crippen molar-refractivity contribution in [1.82, 2.24) is 4.90 Å². The summed E-state index contributed by atoms with van der Waals surface area (Å²) in [5.74, 6) is -0.151. The molecule has 0 spiro atoms. The molecular formula is C30H24Cl2N2O4. The van der Waals surface area contributed by atoms with Crippen molar-refractivity contribution in [3.05, 3.63) is 110 Å². The molecule has 3 aromatic carbocycles. The number of amides is 2. The molecule has 1 aliphatic heterocycles. The van der Waals surface area contributed by atoms with E-state index in [0.717, 1.165) is 10.5 Å². The van der Waals surface area contributed by atoms with Gasteiger partial charge in [0.25, 0.3) is 11.8 Å². The minimum absolute atomic E-state index is 0.0494. The van der Waals surface area contributed by atoms with Gasteiger partial charge < -0.3 is 9.47 Å². The van der Waals surface area contributed by atoms with E-state index in [9.17, 15) is 14.9 Å². The molecule has 0 saturated carbocycles. The van der Waals surface area contributed by atoms with Crippen molar-refractivity contribution in [2.75, 3.05) is 6.61 Å². The van der Waals surface area contributed by atoms with Crippen LogP contribution >= 0.6 is 23.2 Å². The number of carbonyl (C=O) groups excluding carboxylic acids is 2. The molecule has 38 heavy (non-hydrogen) atoms. The molecule has 0 N–H and O–H groups in total. The zero-order chi connectivity index (χ0) is 27.2. The third-order valence-corrected chi connectivity index (χ3v) is 6.77. The molecule has 0 saturated heterocycles. The third kappa shape index (κ3) is 5.75. The molecule has 0 fully saturated rings. The van der Waals surface area contributed by atoms with Crippen LogP contribution in [0.1, 0.15) is 30.5 Å². The van der Waals surface area contributed by atoms with Gasteiger partial charge in [-0.2, -0.15) is 5.26 Å². The minimum atomic E-state index is -0.648. The first-order chi connectivity index (χ1) is 18.3. The molecule has 4 rings (SSSR count). The molecule has 8 heteroatoms. The van der Waals surface area contributed by atoms with E-state index < -0.39 is 11.8 Å². The van der Waals surface area contributed by atoms with Crippen molar-refractivity contribution >= 4 is 41.1 Å². The fraction of sp³-hybridized carbons (Fsp3) is 0.167. The average Bonchev–Trinajstić information content (AvgIpc) is 2.91. The number of hydrogen-bond donors (Lipinski definition) is 0. The summed E-state index contributed by atoms with van der Waals surface area (Å²) in [5, 5.41) is 10.7. The largest absolute Gasteiger partial charge is 0.490 e. The highest BCUT2D eigenvalue weighted by Gasteiger charge is 2.35. The van der Waals surface area contributed by atoms with Gasteiger partial charge >= 0.3 is 0 Å². The molecule has 1 aliphatic rings. The lowest BCUT2D eigenvalue weighted by Crippen LogP contribution is -2.42. The molecule has 0 aromatic heterocycles. The molecular weight excluding hydrogens is 523 g/mol. The number of benzene rings is 3. The Balaban J connectivity index is 1.67. The quantitative estimate of drug-likeness (QED) is 0.230. The van der Waals surface area contributed by atoms with Crippen molar-refractivity contribution in [2.24, 2.45) is 0 Å². The van der Waals surface area contributed by atoms with Gasteiger partial charge in [-0.05, 0) is 60.9 Å². The highest BCUT2D eigenvalue weighted by molar-refractivity contribution is 6.31. The van der Waals surface area contributed by atoms with Gasteiger partial charge in [0.2, 0.25) is 0 Å². The van der Waals surface area contributed by atoms with E-state index >= 15 is 0 Å². The monoisotopic (exact) mass is 546 g/mol. The number of halogens is 2. The first kappa shape index (κ1) is 27.0. The van der Waals surface area contributed by atoms with Gasteiger partial charge in [0.1, 0.15) is 18.2 Å². The maximum atomic E-state index is 13.5. The molecule has 0 unspecified atom stereocenters. The lowest BCUT2D eigenvalue weighted by atomic mass is 9.93. The average molecular weight is 547 g/mol. The van der Waals surface area contributed by atoms with Gasteiger partial charge in [-0.15, -0.1) is 0 Å². The maximum Gasteiger partial charge on any atom is 0.271 e. The molecule has 2 amide bonds. The van der Waals surface area contributed by atoms with E-state index in [1.807, 2.05) is 31.2 Å². The number of ether oxygens (including phenoxy) is 2. The van der Waals surface area contributed by atoms with Crippen molar-refractivity contribution in [3.63, 3.8) is 0 Å². The molecule has 6 nitrogen and oxygen atoms in total. The minimum Gasteiger partial charge on any atom is -0.490 e. The molecule has 0 aliphatic carbocycles. The van der Waals surface area contributed by atoms with Crippen LogP contribution in [0.25, 0.3) is 6.08 Å². The summed E-state index contributed by atoms with van der Waals surface area (Å²) in [4.78, 5) is 27.5. The van der Waals surface area contributed by atoms with Crippen molar-refractivity contribution in [3.8, 4) is 17.6 Å². The summed E-state index contributed by atoms with van der Waals surface area (Å²) >= 11 is 12.5. The first-order valence-electron chi connectivity index (χ1n) is 11.9. The molecule has 0 bridgehead atoms. The number of nitrogens with zero attached hydrogens (tertiary/aromatic N) is 2. The van der Waals surface area contributed by atoms with Crippen molar-refractivity contribution < 1.29 is 19.1 Å². The predicted octanol–water partition coefficient (Wildman–Crippen LogP) is 6.76. The highest BCUT2D eigenvalue weighted by Crippen LogP contribution is 2.33. The standard InChI is InChI=1S/C30H24Cl2N2O4/c1-3-37-28-15-20(12-13-27(28)38-18-22-9-5-7-11-26(22)32)14-23-19(2)24(16-33)30(36)34(29(23)35)17-21-8-4-6-10-25(21)31/h4-15H,3,17-18H2,1-2H3/b23-14+. The summed E-state index contributed by atoms with van der Waals surface area (Å²) in [6, 6.07) is 21.6. The van der Waals surface area contributed by atoms with Crippen LogP contribution in [-0.2, 0) is 22.7 Å². The first-order valence-corrected chi connectivity index (χ1v) is 12.6. The van der Waals surface area contributed by atoms with Crippen LogP contribution < -0.4 is 9.47 Å². The van der Waals surface area contributed by atoms with Crippen LogP contribution in [-0.4, -0.2) is 23.3 Å². The Hall–Kier alpha value is -4.05. The molecule has 0 atom stereocenters. The Labute approximate surface area is 231 Å². The Morgan fingerprint density at radius 3 is 2.18 bits per heavy atom. The van der Waals surface area contributed by atoms with E-state index in [4.69, 9.17) is 32.7 Å². The molecule has 3 aromatic rings. The number of imide groups is 1. The summed E-state index contributed by atoms with van der Waals surface area (Å²) in [5.41, 5.74) is 2.54. The van der Waals surface area contributed by atoms with Crippen LogP contribution in [0, 0.1) is 11.3 Å². The summed E-state index contributed by atoms with van der Waals surface area (Å²) in [6.45, 7) is 4.06. The summed E-state index contributed by atoms with van der Waals surface area (Å²) in [7, 11) is 0. The van der Waals surface area contributed by atoms with E-state index in [1.165, 1.54) is 0 Å². The van der Waals surface area contributed by atoms with Gasteiger partial charge in [0.15, 0.2) is 11.5 Å². The predicted molar refractivity (Wildman–Crippen MR) is 147 cm³/mol. The highest BCUT2D eigenvalue weighted by atomic mass is 35.5. The van der Waals surface area contributed by atoms with Crippen LogP contribution in [0.4, 0.5) is 0 Å². The van der Waals surface area contributed by atoms with Crippen LogP contribution in [0.5, 0.6) is 11.5 Å². The Bertz CT molecular complexity index is 1500. The fourth-order valence-electron chi connectivity index (χ4n) is 4.01. The SMILES string of the molecule is CCOc1cc(/C=C2/C(=O)N(Cc3ccccc3Cl)C(=O)C(C#N)=C2C)ccc1OCc1ccccc1Cl. The second-order valence-electron chi connectivity index (χ2n) is 8.48. The van der Waals surface area contributed by atoms with E-state index in [0.29, 0.717) is 44.9 Å². The van der Waals surface area contributed by atoms with Gasteiger partial charge in [-0.3, -0.25) is 14.5 Å². The molecule has 192 valence electrons. The fourth-order valence-corrected chi connectivity index (χ4v) is 4.40. The Morgan fingerprint density at radius 1 is 0.895 bits per heavy atom. The van der Waals surface area contributed by atoms with Gasteiger partial charge in [-0.1, -0.05) is 65.7 Å². The van der Waals surface area contributed by atoms with Crippen LogP contribution in [0.2, 0.25) is 10.0 Å². The molecule has 1 heterocycles. The number of rotatable bonds is 8. The second kappa shape index (κ2) is 12.0. The van der Waals surface area contributed by atoms with E-state index in [1.54, 1.807) is 61.5 Å². The Morgan fingerprint density at radius 2 is 1.55 bits per heavy atom. The number of hydrogen-bond acceptors (Lipinski definition) is 5. The van der Waals surface area contributed by atoms with Crippen LogP contribution in [0.3, 0.4) is 0 Å². The topological polar surface area (TPSA) is 79.6 Å². The smallest absolute Gasteiger partial charge is 0.271 e. The lowest BCUT2D eigenvalue weighted by Gasteiger charge is -2.28. The zero-order valence-electron chi connectivity index (χ0n) is 20.8. The number of nitriles is 1. The zero-order valence-corrected chi connectivity index (χ0v) is 22.3. The third-order valence-electron chi connectivity index (χ3n) is 6.03. The lowest BCUT2D eigenvalue weighted by molar-refractivity contribution is -0.141. The normalized spacial score (nSPS) is 14.6. The van der Waals surface area contributed by atoms with Crippen LogP contribution in [0.15, 0.2) is 83.4 Å². The van der Waals surface area contributed by atoms with E-state index in [2.05, 4.69) is 0 Å². The van der Waals surface area contributed by atoms with Crippen molar-refractivity contribution in [2.45, 2.75) is 27.0 Å². The van der Waals surface area contributed by atoms with Gasteiger partial charge in [-0.25, -0.2) is 0 Å².